The van der Waals surface area contributed by atoms with Crippen LogP contribution in [0.1, 0.15) is 43.7 Å². The predicted molar refractivity (Wildman–Crippen MR) is 132 cm³/mol. The van der Waals surface area contributed by atoms with Crippen LogP contribution in [0.5, 0.6) is 5.75 Å². The van der Waals surface area contributed by atoms with Gasteiger partial charge in [0.2, 0.25) is 10.0 Å². The first-order valence-electron chi connectivity index (χ1n) is 12.4. The summed E-state index contributed by atoms with van der Waals surface area (Å²) in [4.78, 5) is -0.475. The molecule has 39 heavy (non-hydrogen) atoms. The zero-order valence-electron chi connectivity index (χ0n) is 20.7. The van der Waals surface area contributed by atoms with Gasteiger partial charge in [0.05, 0.1) is 27.9 Å². The Balaban J connectivity index is 1.70. The summed E-state index contributed by atoms with van der Waals surface area (Å²) in [5.74, 6) is -4.18. The zero-order chi connectivity index (χ0) is 28.4. The van der Waals surface area contributed by atoms with Gasteiger partial charge >= 0.3 is 6.18 Å². The van der Waals surface area contributed by atoms with Crippen LogP contribution < -0.4 is 9.46 Å². The molecule has 5 atom stereocenters. The SMILES string of the molecule is CC=CC[C@@H]1C[C@@H]2[C@@H](CC[C@@]3(S(=O)(=O)c4ccc(C(F)(F)F)cc4)c4c(F)ccc(F)c4OC[C@@H]23)NS1(=O)=O. The van der Waals surface area contributed by atoms with Crippen LogP contribution in [0.3, 0.4) is 0 Å². The molecule has 1 aliphatic carbocycles. The molecule has 0 aromatic heterocycles. The van der Waals surface area contributed by atoms with Crippen LogP contribution in [0.2, 0.25) is 0 Å². The number of rotatable bonds is 4. The molecule has 2 aromatic rings. The van der Waals surface area contributed by atoms with Gasteiger partial charge in [-0.2, -0.15) is 13.2 Å². The van der Waals surface area contributed by atoms with Crippen molar-refractivity contribution in [1.82, 2.24) is 4.72 Å². The fourth-order valence-electron chi connectivity index (χ4n) is 6.43. The predicted octanol–water partition coefficient (Wildman–Crippen LogP) is 5.10. The number of hydrogen-bond donors (Lipinski definition) is 1. The summed E-state index contributed by atoms with van der Waals surface area (Å²) in [5, 5.41) is -0.890. The first kappa shape index (κ1) is 28.0. The Morgan fingerprint density at radius 3 is 2.41 bits per heavy atom. The molecule has 2 aliphatic heterocycles. The normalized spacial score (nSPS) is 30.2. The molecule has 2 aromatic carbocycles. The smallest absolute Gasteiger partial charge is 0.416 e. The summed E-state index contributed by atoms with van der Waals surface area (Å²) in [6.07, 6.45) is -1.41. The molecule has 5 rings (SSSR count). The third-order valence-electron chi connectivity index (χ3n) is 8.24. The molecule has 1 N–H and O–H groups in total. The highest BCUT2D eigenvalue weighted by Crippen LogP contribution is 2.59. The van der Waals surface area contributed by atoms with Crippen LogP contribution >= 0.6 is 0 Å². The van der Waals surface area contributed by atoms with E-state index in [-0.39, 0.29) is 32.3 Å². The standard InChI is InChI=1S/C26H26F5NO5S2/c1-2-3-4-17-13-18-19-14-37-24-21(28)10-9-20(27)23(24)25(19,12-11-22(18)32-39(17,35)36)38(33,34)16-7-5-15(6-8-16)26(29,30)31/h2-3,5-10,17-19,22,32H,4,11-14H2,1H3/t17-,18+,19+,22-,25+/m1/s1. The van der Waals surface area contributed by atoms with Crippen LogP contribution in [0.4, 0.5) is 22.0 Å². The third kappa shape index (κ3) is 4.37. The van der Waals surface area contributed by atoms with Crippen molar-refractivity contribution in [2.24, 2.45) is 11.8 Å². The van der Waals surface area contributed by atoms with Gasteiger partial charge in [-0.05, 0) is 74.9 Å². The highest BCUT2D eigenvalue weighted by Gasteiger charge is 2.64. The minimum absolute atomic E-state index is 0.00794. The van der Waals surface area contributed by atoms with E-state index in [0.717, 1.165) is 24.3 Å². The van der Waals surface area contributed by atoms with E-state index in [9.17, 15) is 34.4 Å². The number of sulfonamides is 1. The molecular weight excluding hydrogens is 565 g/mol. The van der Waals surface area contributed by atoms with E-state index in [0.29, 0.717) is 12.1 Å². The maximum atomic E-state index is 15.5. The van der Waals surface area contributed by atoms with Crippen LogP contribution in [-0.4, -0.2) is 34.7 Å². The summed E-state index contributed by atoms with van der Waals surface area (Å²) >= 11 is 0. The van der Waals surface area contributed by atoms with E-state index in [4.69, 9.17) is 4.74 Å². The molecule has 3 aliphatic rings. The molecule has 13 heteroatoms. The Labute approximate surface area is 223 Å². The Bertz CT molecular complexity index is 1520. The van der Waals surface area contributed by atoms with Gasteiger partial charge < -0.3 is 4.74 Å². The number of benzene rings is 2. The molecule has 2 fully saturated rings. The lowest BCUT2D eigenvalue weighted by Crippen LogP contribution is -2.63. The van der Waals surface area contributed by atoms with E-state index in [2.05, 4.69) is 4.72 Å². The molecule has 1 saturated carbocycles. The van der Waals surface area contributed by atoms with E-state index < -0.39 is 87.3 Å². The van der Waals surface area contributed by atoms with Crippen molar-refractivity contribution in [2.75, 3.05) is 6.61 Å². The first-order chi connectivity index (χ1) is 18.2. The molecule has 2 heterocycles. The summed E-state index contributed by atoms with van der Waals surface area (Å²) in [7, 11) is -8.40. The molecule has 6 nitrogen and oxygen atoms in total. The van der Waals surface area contributed by atoms with Gasteiger partial charge in [0, 0.05) is 12.0 Å². The van der Waals surface area contributed by atoms with E-state index in [1.165, 1.54) is 0 Å². The highest BCUT2D eigenvalue weighted by atomic mass is 32.2. The molecule has 0 bridgehead atoms. The summed E-state index contributed by atoms with van der Waals surface area (Å²) in [6, 6.07) is 3.86. The van der Waals surface area contributed by atoms with Crippen molar-refractivity contribution in [3.8, 4) is 5.75 Å². The minimum Gasteiger partial charge on any atom is -0.490 e. The molecule has 0 unspecified atom stereocenters. The topological polar surface area (TPSA) is 89.5 Å². The lowest BCUT2D eigenvalue weighted by molar-refractivity contribution is -0.137. The number of hydrogen-bond acceptors (Lipinski definition) is 5. The number of nitrogens with one attached hydrogen (secondary N) is 1. The molecule has 0 spiro atoms. The van der Waals surface area contributed by atoms with Gasteiger partial charge in [0.25, 0.3) is 0 Å². The maximum absolute atomic E-state index is 15.5. The average molecular weight is 592 g/mol. The lowest BCUT2D eigenvalue weighted by atomic mass is 9.64. The second-order valence-corrected chi connectivity index (χ2v) is 14.4. The van der Waals surface area contributed by atoms with Crippen LogP contribution in [0.15, 0.2) is 53.4 Å². The van der Waals surface area contributed by atoms with E-state index in [1.807, 2.05) is 0 Å². The molecular formula is C26H26F5NO5S2. The van der Waals surface area contributed by atoms with Crippen molar-refractivity contribution in [1.29, 1.82) is 0 Å². The second kappa shape index (κ2) is 9.55. The molecule has 0 amide bonds. The van der Waals surface area contributed by atoms with Crippen molar-refractivity contribution in [3.05, 3.63) is 71.3 Å². The highest BCUT2D eigenvalue weighted by molar-refractivity contribution is 7.92. The largest absolute Gasteiger partial charge is 0.490 e. The average Bonchev–Trinajstić information content (AvgIpc) is 2.88. The Morgan fingerprint density at radius 2 is 1.77 bits per heavy atom. The second-order valence-electron chi connectivity index (χ2n) is 10.2. The fraction of sp³-hybridized carbons (Fsp3) is 0.462. The summed E-state index contributed by atoms with van der Waals surface area (Å²) in [5.41, 5.74) is -1.56. The van der Waals surface area contributed by atoms with Gasteiger partial charge in [-0.25, -0.2) is 30.3 Å². The van der Waals surface area contributed by atoms with Crippen molar-refractivity contribution in [3.63, 3.8) is 0 Å². The van der Waals surface area contributed by atoms with Crippen molar-refractivity contribution >= 4 is 19.9 Å². The minimum atomic E-state index is -4.71. The summed E-state index contributed by atoms with van der Waals surface area (Å²) in [6.45, 7) is 1.39. The van der Waals surface area contributed by atoms with E-state index >= 15 is 4.39 Å². The first-order valence-corrected chi connectivity index (χ1v) is 15.4. The van der Waals surface area contributed by atoms with E-state index in [1.54, 1.807) is 19.1 Å². The van der Waals surface area contributed by atoms with Crippen LogP contribution in [0, 0.1) is 23.5 Å². The van der Waals surface area contributed by atoms with Gasteiger partial charge in [-0.15, -0.1) is 0 Å². The van der Waals surface area contributed by atoms with Crippen LogP contribution in [0.25, 0.3) is 0 Å². The number of ether oxygens (including phenoxy) is 1. The number of alkyl halides is 3. The van der Waals surface area contributed by atoms with Crippen molar-refractivity contribution < 1.29 is 43.5 Å². The number of halogens is 5. The molecule has 1 saturated heterocycles. The molecule has 212 valence electrons. The number of fused-ring (bicyclic) bond motifs is 5. The lowest BCUT2D eigenvalue weighted by Gasteiger charge is -2.54. The van der Waals surface area contributed by atoms with Gasteiger partial charge in [0.15, 0.2) is 21.4 Å². The number of allylic oxidation sites excluding steroid dienone is 2. The Kier molecular flexibility index (Phi) is 6.86. The van der Waals surface area contributed by atoms with Crippen LogP contribution in [-0.2, 0) is 30.8 Å². The maximum Gasteiger partial charge on any atom is 0.416 e. The molecule has 0 radical (unpaired) electrons. The Hall–Kier alpha value is -2.51. The fourth-order valence-corrected chi connectivity index (χ4v) is 10.6. The monoisotopic (exact) mass is 591 g/mol. The summed E-state index contributed by atoms with van der Waals surface area (Å²) < 4.78 is 131. The third-order valence-corrected chi connectivity index (χ3v) is 12.7. The zero-order valence-corrected chi connectivity index (χ0v) is 22.3. The number of sulfone groups is 1. The van der Waals surface area contributed by atoms with Crippen molar-refractivity contribution in [2.45, 2.75) is 59.7 Å². The Morgan fingerprint density at radius 1 is 1.10 bits per heavy atom. The van der Waals surface area contributed by atoms with Gasteiger partial charge in [-0.1, -0.05) is 12.2 Å². The van der Waals surface area contributed by atoms with Gasteiger partial charge in [0.1, 0.15) is 10.6 Å². The quantitative estimate of drug-likeness (QED) is 0.395. The van der Waals surface area contributed by atoms with Gasteiger partial charge in [-0.3, -0.25) is 0 Å².